The highest BCUT2D eigenvalue weighted by atomic mass is 16.6. The van der Waals surface area contributed by atoms with Gasteiger partial charge < -0.3 is 34.5 Å². The summed E-state index contributed by atoms with van der Waals surface area (Å²) in [7, 11) is 5.05. The van der Waals surface area contributed by atoms with E-state index < -0.39 is 34.3 Å². The van der Waals surface area contributed by atoms with Gasteiger partial charge in [0.25, 0.3) is 0 Å². The lowest BCUT2D eigenvalue weighted by Crippen LogP contribution is -2.83. The summed E-state index contributed by atoms with van der Waals surface area (Å²) < 4.78 is 25.1. The Morgan fingerprint density at radius 2 is 1.83 bits per heavy atom. The van der Waals surface area contributed by atoms with Gasteiger partial charge in [-0.3, -0.25) is 9.69 Å². The Morgan fingerprint density at radius 3 is 2.50 bits per heavy atom. The van der Waals surface area contributed by atoms with Crippen molar-refractivity contribution in [2.75, 3.05) is 39.7 Å². The number of likely N-dealkylation sites (tertiary alicyclic amines) is 1. The fourth-order valence-electron chi connectivity index (χ4n) is 11.6. The summed E-state index contributed by atoms with van der Waals surface area (Å²) in [6.45, 7) is 4.79. The van der Waals surface area contributed by atoms with Crippen LogP contribution in [0.3, 0.4) is 0 Å². The normalized spacial score (nSPS) is 48.2. The van der Waals surface area contributed by atoms with Crippen molar-refractivity contribution in [1.29, 1.82) is 0 Å². The molecule has 10 nitrogen and oxygen atoms in total. The molecule has 0 radical (unpaired) electrons. The highest BCUT2D eigenvalue weighted by molar-refractivity contribution is 6.00. The standard InChI is InChI=1S/C32H44N2O8/c1-6-34-16-29(42-28(36)18-9-7-8-10-21(18)33-17(2)35)12-11-25(40-4)31-23(29)14-20(26(31)34)30(37)15-22(39-3)19-13-24(31)32(30,38)27(19)41-5/h7-10,19-20,22-27,37-38H,6,11-16H2,1-5H3,(H,33,35)/t19-,20-,22-,23+,24-,25-,26+,27-,29-,30+,31-,32-/m0/s1. The maximum Gasteiger partial charge on any atom is 0.340 e. The van der Waals surface area contributed by atoms with Crippen molar-refractivity contribution in [2.24, 2.45) is 29.1 Å². The molecule has 5 aliphatic carbocycles. The number of likely N-dealkylation sites (N-methyl/N-ethyl adjacent to an activating group) is 1. The smallest absolute Gasteiger partial charge is 0.340 e. The summed E-state index contributed by atoms with van der Waals surface area (Å²) in [5.41, 5.74) is -3.57. The lowest BCUT2D eigenvalue weighted by molar-refractivity contribution is -0.337. The van der Waals surface area contributed by atoms with Crippen molar-refractivity contribution in [3.05, 3.63) is 29.8 Å². The van der Waals surface area contributed by atoms with Crippen LogP contribution in [-0.2, 0) is 23.7 Å². The van der Waals surface area contributed by atoms with Crippen LogP contribution in [0.25, 0.3) is 0 Å². The van der Waals surface area contributed by atoms with E-state index in [0.717, 1.165) is 0 Å². The molecule has 7 rings (SSSR count). The molecular weight excluding hydrogens is 540 g/mol. The van der Waals surface area contributed by atoms with E-state index in [0.29, 0.717) is 56.4 Å². The molecule has 5 saturated carbocycles. The number of ether oxygens (including phenoxy) is 4. The average Bonchev–Trinajstić information content (AvgIpc) is 3.39. The summed E-state index contributed by atoms with van der Waals surface area (Å²) >= 11 is 0. The number of carbonyl (C=O) groups excluding carboxylic acids is 2. The van der Waals surface area contributed by atoms with Gasteiger partial charge in [-0.1, -0.05) is 19.1 Å². The van der Waals surface area contributed by atoms with Gasteiger partial charge in [-0.15, -0.1) is 0 Å². The third kappa shape index (κ3) is 3.21. The number of para-hydroxylation sites is 1. The van der Waals surface area contributed by atoms with Crippen LogP contribution in [0.4, 0.5) is 5.69 Å². The number of fused-ring (bicyclic) bond motifs is 2. The predicted molar refractivity (Wildman–Crippen MR) is 152 cm³/mol. The minimum atomic E-state index is -1.48. The lowest BCUT2D eigenvalue weighted by Gasteiger charge is -2.70. The van der Waals surface area contributed by atoms with Gasteiger partial charge in [0.15, 0.2) is 0 Å². The van der Waals surface area contributed by atoms with E-state index in [1.165, 1.54) is 6.92 Å². The number of hydrogen-bond acceptors (Lipinski definition) is 9. The van der Waals surface area contributed by atoms with Crippen molar-refractivity contribution in [3.63, 3.8) is 0 Å². The third-order valence-electron chi connectivity index (χ3n) is 12.6. The number of rotatable bonds is 7. The van der Waals surface area contributed by atoms with E-state index in [4.69, 9.17) is 18.9 Å². The number of aliphatic hydroxyl groups is 2. The molecule has 1 amide bonds. The number of hydrogen-bond donors (Lipinski definition) is 3. The second kappa shape index (κ2) is 9.46. The topological polar surface area (TPSA) is 127 Å². The van der Waals surface area contributed by atoms with Gasteiger partial charge in [0.2, 0.25) is 5.91 Å². The molecule has 230 valence electrons. The van der Waals surface area contributed by atoms with Crippen LogP contribution >= 0.6 is 0 Å². The molecule has 0 unspecified atom stereocenters. The Hall–Kier alpha value is -2.08. The Balaban J connectivity index is 1.38. The van der Waals surface area contributed by atoms with E-state index in [1.807, 2.05) is 0 Å². The number of benzene rings is 1. The van der Waals surface area contributed by atoms with Gasteiger partial charge in [0.1, 0.15) is 16.8 Å². The molecular formula is C32H44N2O8. The first-order valence-corrected chi connectivity index (χ1v) is 15.4. The monoisotopic (exact) mass is 584 g/mol. The largest absolute Gasteiger partial charge is 0.454 e. The number of esters is 1. The lowest BCUT2D eigenvalue weighted by atomic mass is 9.44. The van der Waals surface area contributed by atoms with Crippen LogP contribution in [0.1, 0.15) is 56.3 Å². The number of nitrogens with zero attached hydrogens (tertiary/aromatic N) is 1. The van der Waals surface area contributed by atoms with Crippen LogP contribution < -0.4 is 5.32 Å². The number of piperidine rings is 1. The molecule has 0 aromatic heterocycles. The minimum absolute atomic E-state index is 0.0432. The first-order valence-electron chi connectivity index (χ1n) is 15.4. The van der Waals surface area contributed by atoms with E-state index in [2.05, 4.69) is 17.1 Å². The SMILES string of the molecule is CCN1C[C@@]2(OC(=O)c3ccccc3NC(C)=O)CC[C@H](OC)[C@@]34[C@@H]2C[C@@H]([C@@H]13)[C@]1(O)C[C@H](OC)[C@@H]2C[C@@H]4[C@]1(O)[C@H]2OC. The first-order chi connectivity index (χ1) is 20.1. The van der Waals surface area contributed by atoms with Gasteiger partial charge >= 0.3 is 5.97 Å². The van der Waals surface area contributed by atoms with Gasteiger partial charge in [-0.05, 0) is 44.4 Å². The Labute approximate surface area is 247 Å². The van der Waals surface area contributed by atoms with Crippen LogP contribution in [0, 0.1) is 29.1 Å². The predicted octanol–water partition coefficient (Wildman–Crippen LogP) is 2.22. The van der Waals surface area contributed by atoms with Crippen molar-refractivity contribution < 1.29 is 38.7 Å². The maximum atomic E-state index is 14.0. The molecule has 1 aromatic rings. The van der Waals surface area contributed by atoms with E-state index in [9.17, 15) is 19.8 Å². The van der Waals surface area contributed by atoms with Crippen LogP contribution in [0.15, 0.2) is 24.3 Å². The second-order valence-electron chi connectivity index (χ2n) is 13.7. The second-order valence-corrected chi connectivity index (χ2v) is 13.7. The van der Waals surface area contributed by atoms with Crippen LogP contribution in [0.5, 0.6) is 0 Å². The van der Waals surface area contributed by atoms with Crippen molar-refractivity contribution in [2.45, 2.75) is 87.1 Å². The molecule has 1 saturated heterocycles. The molecule has 3 N–H and O–H groups in total. The number of carbonyl (C=O) groups is 2. The molecule has 6 fully saturated rings. The molecule has 10 heteroatoms. The summed E-state index contributed by atoms with van der Waals surface area (Å²) in [6.07, 6.45) is 1.91. The summed E-state index contributed by atoms with van der Waals surface area (Å²) in [6, 6.07) is 6.89. The van der Waals surface area contributed by atoms with Gasteiger partial charge in [0.05, 0.1) is 29.6 Å². The van der Waals surface area contributed by atoms with Crippen molar-refractivity contribution in [3.8, 4) is 0 Å². The van der Waals surface area contributed by atoms with E-state index in [-0.39, 0.29) is 47.8 Å². The molecule has 1 spiro atoms. The Morgan fingerprint density at radius 1 is 1.07 bits per heavy atom. The molecule has 7 bridgehead atoms. The third-order valence-corrected chi connectivity index (χ3v) is 12.6. The Bertz CT molecular complexity index is 1290. The van der Waals surface area contributed by atoms with Gasteiger partial charge in [0, 0.05) is 76.3 Å². The Kier molecular flexibility index (Phi) is 6.46. The zero-order valence-corrected chi connectivity index (χ0v) is 25.2. The summed E-state index contributed by atoms with van der Waals surface area (Å²) in [4.78, 5) is 28.3. The summed E-state index contributed by atoms with van der Waals surface area (Å²) in [5.74, 6) is -1.54. The first kappa shape index (κ1) is 28.7. The number of methoxy groups -OCH3 is 3. The van der Waals surface area contributed by atoms with Crippen molar-refractivity contribution >= 4 is 17.6 Å². The highest BCUT2D eigenvalue weighted by Crippen LogP contribution is 2.79. The zero-order chi connectivity index (χ0) is 29.8. The summed E-state index contributed by atoms with van der Waals surface area (Å²) in [5, 5.41) is 28.4. The fourth-order valence-corrected chi connectivity index (χ4v) is 11.6. The van der Waals surface area contributed by atoms with E-state index in [1.54, 1.807) is 45.6 Å². The quantitative estimate of drug-likeness (QED) is 0.414. The highest BCUT2D eigenvalue weighted by Gasteiger charge is 2.89. The number of amides is 1. The average molecular weight is 585 g/mol. The molecule has 6 aliphatic rings. The molecule has 1 aliphatic heterocycles. The number of anilines is 1. The molecule has 42 heavy (non-hydrogen) atoms. The van der Waals surface area contributed by atoms with Gasteiger partial charge in [-0.25, -0.2) is 4.79 Å². The zero-order valence-electron chi connectivity index (χ0n) is 25.2. The minimum Gasteiger partial charge on any atom is -0.454 e. The van der Waals surface area contributed by atoms with Gasteiger partial charge in [-0.2, -0.15) is 0 Å². The van der Waals surface area contributed by atoms with Crippen LogP contribution in [0.2, 0.25) is 0 Å². The number of nitrogens with one attached hydrogen (secondary N) is 1. The molecule has 12 atom stereocenters. The molecule has 1 heterocycles. The van der Waals surface area contributed by atoms with E-state index >= 15 is 0 Å². The van der Waals surface area contributed by atoms with Crippen LogP contribution in [-0.4, -0.2) is 103 Å². The molecule has 1 aromatic carbocycles. The maximum absolute atomic E-state index is 14.0. The fraction of sp³-hybridized carbons (Fsp3) is 0.750. The van der Waals surface area contributed by atoms with Crippen molar-refractivity contribution in [1.82, 2.24) is 4.90 Å².